The van der Waals surface area contributed by atoms with Crippen LogP contribution in [0.2, 0.25) is 0 Å². The van der Waals surface area contributed by atoms with Crippen molar-refractivity contribution in [1.82, 2.24) is 14.9 Å². The van der Waals surface area contributed by atoms with Gasteiger partial charge in [-0.1, -0.05) is 12.1 Å². The fourth-order valence-electron chi connectivity index (χ4n) is 3.51. The van der Waals surface area contributed by atoms with Crippen LogP contribution in [0.25, 0.3) is 10.9 Å². The Morgan fingerprint density at radius 3 is 2.92 bits per heavy atom. The number of hydrogen-bond donors (Lipinski definition) is 2. The highest BCUT2D eigenvalue weighted by Gasteiger charge is 2.20. The molecule has 1 aromatic carbocycles. The number of fused-ring (bicyclic) bond motifs is 1. The van der Waals surface area contributed by atoms with Crippen molar-refractivity contribution in [2.75, 3.05) is 18.4 Å². The molecule has 1 aliphatic rings. The lowest BCUT2D eigenvalue weighted by Crippen LogP contribution is -2.21. The minimum Gasteiger partial charge on any atom is -0.392 e. The molecule has 0 amide bonds. The summed E-state index contributed by atoms with van der Waals surface area (Å²) in [6.07, 6.45) is 4.40. The number of rotatable bonds is 4. The lowest BCUT2D eigenvalue weighted by Gasteiger charge is -2.16. The van der Waals surface area contributed by atoms with Crippen molar-refractivity contribution in [2.24, 2.45) is 0 Å². The number of nitrogens with one attached hydrogen (secondary N) is 1. The molecule has 0 radical (unpaired) electrons. The number of hydrogen-bond acceptors (Lipinski definition) is 5. The van der Waals surface area contributed by atoms with E-state index < -0.39 is 0 Å². The summed E-state index contributed by atoms with van der Waals surface area (Å²) < 4.78 is 0. The highest BCUT2D eigenvalue weighted by atomic mass is 16.3. The number of aliphatic hydroxyl groups excluding tert-OH is 1. The molecule has 0 aliphatic carbocycles. The maximum absolute atomic E-state index is 9.69. The van der Waals surface area contributed by atoms with Gasteiger partial charge in [-0.15, -0.1) is 0 Å². The molecule has 26 heavy (non-hydrogen) atoms. The number of nitrogens with zero attached hydrogens (tertiary/aromatic N) is 3. The van der Waals surface area contributed by atoms with E-state index in [2.05, 4.69) is 52.2 Å². The maximum atomic E-state index is 9.69. The van der Waals surface area contributed by atoms with Crippen LogP contribution in [0.15, 0.2) is 42.7 Å². The molecule has 0 unspecified atom stereocenters. The summed E-state index contributed by atoms with van der Waals surface area (Å²) in [5.41, 5.74) is 5.56. The summed E-state index contributed by atoms with van der Waals surface area (Å²) in [6.45, 7) is 6.72. The van der Waals surface area contributed by atoms with Gasteiger partial charge in [-0.05, 0) is 55.2 Å². The SMILES string of the molecule is Cc1cccc(Nc2nccc3cc(CN4CC[C@@H](O)C4)cnc23)c1C. The molecule has 1 saturated heterocycles. The van der Waals surface area contributed by atoms with Gasteiger partial charge in [-0.3, -0.25) is 9.88 Å². The fourth-order valence-corrected chi connectivity index (χ4v) is 3.51. The topological polar surface area (TPSA) is 61.3 Å². The molecule has 1 fully saturated rings. The van der Waals surface area contributed by atoms with Crippen LogP contribution in [0.1, 0.15) is 23.1 Å². The Bertz CT molecular complexity index is 940. The Labute approximate surface area is 153 Å². The van der Waals surface area contributed by atoms with E-state index >= 15 is 0 Å². The second kappa shape index (κ2) is 7.02. The second-order valence-corrected chi connectivity index (χ2v) is 7.12. The maximum Gasteiger partial charge on any atom is 0.156 e. The minimum atomic E-state index is -0.194. The normalized spacial score (nSPS) is 17.7. The molecule has 1 aliphatic heterocycles. The second-order valence-electron chi connectivity index (χ2n) is 7.12. The van der Waals surface area contributed by atoms with Gasteiger partial charge in [-0.25, -0.2) is 4.98 Å². The van der Waals surface area contributed by atoms with Crippen molar-refractivity contribution >= 4 is 22.4 Å². The van der Waals surface area contributed by atoms with Gasteiger partial charge < -0.3 is 10.4 Å². The van der Waals surface area contributed by atoms with E-state index in [-0.39, 0.29) is 6.10 Å². The van der Waals surface area contributed by atoms with Gasteiger partial charge in [0.2, 0.25) is 0 Å². The Morgan fingerprint density at radius 2 is 2.12 bits per heavy atom. The standard InChI is InChI=1S/C21H24N4O/c1-14-4-3-5-19(15(14)2)24-21-20-17(6-8-22-21)10-16(11-23-20)12-25-9-7-18(26)13-25/h3-6,8,10-11,18,26H,7,9,12-13H2,1-2H3,(H,22,24)/t18-/m1/s1. The minimum absolute atomic E-state index is 0.194. The third-order valence-electron chi connectivity index (χ3n) is 5.17. The van der Waals surface area contributed by atoms with Gasteiger partial charge in [0.1, 0.15) is 5.52 Å². The first kappa shape index (κ1) is 16.9. The van der Waals surface area contributed by atoms with Crippen LogP contribution >= 0.6 is 0 Å². The van der Waals surface area contributed by atoms with Crippen LogP contribution in [0, 0.1) is 13.8 Å². The van der Waals surface area contributed by atoms with Gasteiger partial charge in [0.25, 0.3) is 0 Å². The molecule has 0 spiro atoms. The molecular weight excluding hydrogens is 324 g/mol. The lowest BCUT2D eigenvalue weighted by atomic mass is 10.1. The molecule has 134 valence electrons. The quantitative estimate of drug-likeness (QED) is 0.755. The van der Waals surface area contributed by atoms with Crippen LogP contribution in [0.4, 0.5) is 11.5 Å². The van der Waals surface area contributed by atoms with Gasteiger partial charge in [0.05, 0.1) is 6.10 Å². The number of aromatic nitrogens is 2. The fraction of sp³-hybridized carbons (Fsp3) is 0.333. The summed E-state index contributed by atoms with van der Waals surface area (Å²) in [5, 5.41) is 14.2. The molecule has 2 N–H and O–H groups in total. The van der Waals surface area contributed by atoms with E-state index in [9.17, 15) is 5.11 Å². The van der Waals surface area contributed by atoms with Crippen molar-refractivity contribution in [2.45, 2.75) is 32.9 Å². The van der Waals surface area contributed by atoms with Crippen molar-refractivity contribution < 1.29 is 5.11 Å². The number of benzene rings is 1. The molecular formula is C21H24N4O. The highest BCUT2D eigenvalue weighted by molar-refractivity contribution is 5.90. The van der Waals surface area contributed by atoms with E-state index in [0.717, 1.165) is 54.0 Å². The Hall–Kier alpha value is -2.50. The predicted octanol–water partition coefficient (Wildman–Crippen LogP) is 3.56. The van der Waals surface area contributed by atoms with Crippen molar-refractivity contribution in [3.05, 3.63) is 59.4 Å². The molecule has 3 aromatic rings. The van der Waals surface area contributed by atoms with E-state index in [1.807, 2.05) is 24.5 Å². The lowest BCUT2D eigenvalue weighted by molar-refractivity contribution is 0.175. The number of aliphatic hydroxyl groups is 1. The Balaban J connectivity index is 1.61. The summed E-state index contributed by atoms with van der Waals surface area (Å²) in [7, 11) is 0. The van der Waals surface area contributed by atoms with E-state index in [0.29, 0.717) is 0 Å². The molecule has 4 rings (SSSR count). The van der Waals surface area contributed by atoms with Crippen LogP contribution in [-0.2, 0) is 6.54 Å². The van der Waals surface area contributed by atoms with Crippen molar-refractivity contribution in [3.63, 3.8) is 0 Å². The third kappa shape index (κ3) is 3.41. The number of aryl methyl sites for hydroxylation is 1. The average molecular weight is 348 g/mol. The first-order valence-corrected chi connectivity index (χ1v) is 9.07. The van der Waals surface area contributed by atoms with Gasteiger partial charge >= 0.3 is 0 Å². The van der Waals surface area contributed by atoms with Crippen LogP contribution in [-0.4, -0.2) is 39.2 Å². The Morgan fingerprint density at radius 1 is 1.23 bits per heavy atom. The molecule has 0 saturated carbocycles. The first-order valence-electron chi connectivity index (χ1n) is 9.07. The van der Waals surface area contributed by atoms with E-state index in [1.165, 1.54) is 11.1 Å². The Kier molecular flexibility index (Phi) is 4.57. The monoisotopic (exact) mass is 348 g/mol. The zero-order valence-electron chi connectivity index (χ0n) is 15.2. The predicted molar refractivity (Wildman–Crippen MR) is 105 cm³/mol. The highest BCUT2D eigenvalue weighted by Crippen LogP contribution is 2.26. The van der Waals surface area contributed by atoms with Crippen molar-refractivity contribution in [1.29, 1.82) is 0 Å². The van der Waals surface area contributed by atoms with Crippen LogP contribution in [0.5, 0.6) is 0 Å². The molecule has 0 bridgehead atoms. The number of pyridine rings is 2. The third-order valence-corrected chi connectivity index (χ3v) is 5.17. The van der Waals surface area contributed by atoms with Gasteiger partial charge in [0.15, 0.2) is 5.82 Å². The largest absolute Gasteiger partial charge is 0.392 e. The zero-order valence-corrected chi connectivity index (χ0v) is 15.2. The van der Waals surface area contributed by atoms with Crippen LogP contribution < -0.4 is 5.32 Å². The van der Waals surface area contributed by atoms with Crippen molar-refractivity contribution in [3.8, 4) is 0 Å². The van der Waals surface area contributed by atoms with Gasteiger partial charge in [0, 0.05) is 43.1 Å². The summed E-state index contributed by atoms with van der Waals surface area (Å²) >= 11 is 0. The molecule has 5 nitrogen and oxygen atoms in total. The molecule has 2 aromatic heterocycles. The summed E-state index contributed by atoms with van der Waals surface area (Å²) in [5.74, 6) is 0.777. The molecule has 1 atom stereocenters. The smallest absolute Gasteiger partial charge is 0.156 e. The zero-order chi connectivity index (χ0) is 18.1. The van der Waals surface area contributed by atoms with E-state index in [1.54, 1.807) is 0 Å². The first-order chi connectivity index (χ1) is 12.6. The number of anilines is 2. The van der Waals surface area contributed by atoms with E-state index in [4.69, 9.17) is 0 Å². The average Bonchev–Trinajstić information content (AvgIpc) is 3.04. The number of likely N-dealkylation sites (tertiary alicyclic amines) is 1. The van der Waals surface area contributed by atoms with Gasteiger partial charge in [-0.2, -0.15) is 0 Å². The summed E-state index contributed by atoms with van der Waals surface area (Å²) in [6, 6.07) is 10.4. The summed E-state index contributed by atoms with van der Waals surface area (Å²) in [4.78, 5) is 11.4. The molecule has 5 heteroatoms. The number of β-amino-alcohol motifs (C(OH)–C–C–N with tert-alkyl or cyclic N) is 1. The van der Waals surface area contributed by atoms with Crippen LogP contribution in [0.3, 0.4) is 0 Å². The molecule has 3 heterocycles.